The average Bonchev–Trinajstić information content (AvgIpc) is 3.49. The normalized spacial score (nSPS) is 18.6. The molecule has 2 amide bonds. The van der Waals surface area contributed by atoms with Crippen LogP contribution in [0.5, 0.6) is 0 Å². The summed E-state index contributed by atoms with van der Waals surface area (Å²) in [5.41, 5.74) is 2.80. The topological polar surface area (TPSA) is 49.4 Å². The number of nitrogens with zero attached hydrogens (tertiary/aromatic N) is 1. The summed E-state index contributed by atoms with van der Waals surface area (Å²) in [6.07, 6.45) is 3.54. The molecule has 0 bridgehead atoms. The van der Waals surface area contributed by atoms with E-state index in [9.17, 15) is 14.0 Å². The molecule has 1 aliphatic carbocycles. The van der Waals surface area contributed by atoms with Crippen molar-refractivity contribution < 1.29 is 14.0 Å². The molecule has 1 aliphatic heterocycles. The monoisotopic (exact) mass is 366 g/mol. The standard InChI is InChI=1S/C22H23FN2O2/c23-18-6-3-4-15(12-18)14-25(19-9-10-19)21(26)11-8-17-13-16-5-1-2-7-20(16)24-22(17)27/h1-7,12,17,19H,8-11,13-14H2,(H,24,27). The molecule has 4 nitrogen and oxygen atoms in total. The van der Waals surface area contributed by atoms with Gasteiger partial charge in [-0.15, -0.1) is 0 Å². The molecule has 0 saturated heterocycles. The summed E-state index contributed by atoms with van der Waals surface area (Å²) < 4.78 is 13.4. The Kier molecular flexibility index (Phi) is 4.92. The van der Waals surface area contributed by atoms with Gasteiger partial charge in [0.15, 0.2) is 0 Å². The van der Waals surface area contributed by atoms with Crippen molar-refractivity contribution in [3.8, 4) is 0 Å². The molecule has 140 valence electrons. The Bertz CT molecular complexity index is 863. The number of benzene rings is 2. The molecule has 5 heteroatoms. The fourth-order valence-electron chi connectivity index (χ4n) is 3.73. The number of para-hydroxylation sites is 1. The minimum absolute atomic E-state index is 0.00963. The number of amides is 2. The number of carbonyl (C=O) groups is 2. The van der Waals surface area contributed by atoms with Crippen LogP contribution in [-0.2, 0) is 22.6 Å². The lowest BCUT2D eigenvalue weighted by atomic mass is 9.89. The molecule has 27 heavy (non-hydrogen) atoms. The smallest absolute Gasteiger partial charge is 0.227 e. The Morgan fingerprint density at radius 1 is 1.15 bits per heavy atom. The summed E-state index contributed by atoms with van der Waals surface area (Å²) in [5.74, 6) is -0.426. The number of anilines is 1. The second-order valence-corrected chi connectivity index (χ2v) is 7.47. The third kappa shape index (κ3) is 4.18. The molecule has 1 heterocycles. The summed E-state index contributed by atoms with van der Waals surface area (Å²) >= 11 is 0. The largest absolute Gasteiger partial charge is 0.335 e. The average molecular weight is 366 g/mol. The van der Waals surface area contributed by atoms with Crippen molar-refractivity contribution in [3.05, 3.63) is 65.5 Å². The van der Waals surface area contributed by atoms with Gasteiger partial charge in [-0.3, -0.25) is 9.59 Å². The lowest BCUT2D eigenvalue weighted by molar-refractivity contribution is -0.133. The first kappa shape index (κ1) is 17.7. The molecular formula is C22H23FN2O2. The summed E-state index contributed by atoms with van der Waals surface area (Å²) in [7, 11) is 0. The number of carbonyl (C=O) groups excluding carboxylic acids is 2. The quantitative estimate of drug-likeness (QED) is 0.843. The van der Waals surface area contributed by atoms with Crippen LogP contribution in [0.25, 0.3) is 0 Å². The summed E-state index contributed by atoms with van der Waals surface area (Å²) in [5, 5.41) is 2.94. The van der Waals surface area contributed by atoms with Crippen molar-refractivity contribution in [1.29, 1.82) is 0 Å². The van der Waals surface area contributed by atoms with Gasteiger partial charge < -0.3 is 10.2 Å². The Balaban J connectivity index is 1.38. The molecule has 0 radical (unpaired) electrons. The zero-order valence-corrected chi connectivity index (χ0v) is 15.2. The van der Waals surface area contributed by atoms with Crippen molar-refractivity contribution >= 4 is 17.5 Å². The molecule has 1 fully saturated rings. The van der Waals surface area contributed by atoms with Gasteiger partial charge in [-0.1, -0.05) is 30.3 Å². The van der Waals surface area contributed by atoms with Crippen molar-refractivity contribution in [3.63, 3.8) is 0 Å². The maximum atomic E-state index is 13.4. The van der Waals surface area contributed by atoms with Crippen LogP contribution in [-0.4, -0.2) is 22.8 Å². The molecular weight excluding hydrogens is 343 g/mol. The number of rotatable bonds is 6. The van der Waals surface area contributed by atoms with Crippen LogP contribution < -0.4 is 5.32 Å². The van der Waals surface area contributed by atoms with Gasteiger partial charge in [0.05, 0.1) is 0 Å². The number of hydrogen-bond donors (Lipinski definition) is 1. The van der Waals surface area contributed by atoms with Crippen molar-refractivity contribution in [2.75, 3.05) is 5.32 Å². The SMILES string of the molecule is O=C1Nc2ccccc2CC1CCC(=O)N(Cc1cccc(F)c1)C1CC1. The summed E-state index contributed by atoms with van der Waals surface area (Å²) in [4.78, 5) is 27.0. The van der Waals surface area contributed by atoms with Crippen molar-refractivity contribution in [1.82, 2.24) is 4.90 Å². The third-order valence-electron chi connectivity index (χ3n) is 5.37. The Morgan fingerprint density at radius 2 is 1.96 bits per heavy atom. The first-order chi connectivity index (χ1) is 13.1. The molecule has 4 rings (SSSR count). The van der Waals surface area contributed by atoms with Crippen LogP contribution in [0, 0.1) is 11.7 Å². The third-order valence-corrected chi connectivity index (χ3v) is 5.37. The number of nitrogens with one attached hydrogen (secondary N) is 1. The predicted octanol–water partition coefficient (Wildman–Crippen LogP) is 3.91. The van der Waals surface area contributed by atoms with Gasteiger partial charge >= 0.3 is 0 Å². The first-order valence-electron chi connectivity index (χ1n) is 9.53. The van der Waals surface area contributed by atoms with Gasteiger partial charge in [-0.05, 0) is 55.0 Å². The van der Waals surface area contributed by atoms with E-state index in [1.54, 1.807) is 6.07 Å². The number of hydrogen-bond acceptors (Lipinski definition) is 2. The Morgan fingerprint density at radius 3 is 2.74 bits per heavy atom. The molecule has 1 unspecified atom stereocenters. The van der Waals surface area contributed by atoms with Crippen molar-refractivity contribution in [2.24, 2.45) is 5.92 Å². The minimum atomic E-state index is -0.284. The van der Waals surface area contributed by atoms with E-state index >= 15 is 0 Å². The number of fused-ring (bicyclic) bond motifs is 1. The lowest BCUT2D eigenvalue weighted by Crippen LogP contribution is -2.35. The zero-order chi connectivity index (χ0) is 18.8. The highest BCUT2D eigenvalue weighted by Gasteiger charge is 2.33. The fourth-order valence-corrected chi connectivity index (χ4v) is 3.73. The van der Waals surface area contributed by atoms with Crippen molar-refractivity contribution in [2.45, 2.75) is 44.7 Å². The van der Waals surface area contributed by atoms with E-state index in [-0.39, 0.29) is 29.6 Å². The van der Waals surface area contributed by atoms with Gasteiger partial charge in [-0.25, -0.2) is 4.39 Å². The van der Waals surface area contributed by atoms with Gasteiger partial charge in [0.2, 0.25) is 11.8 Å². The van der Waals surface area contributed by atoms with E-state index in [0.717, 1.165) is 29.7 Å². The second kappa shape index (κ2) is 7.51. The maximum absolute atomic E-state index is 13.4. The van der Waals surface area contributed by atoms with Crippen LogP contribution in [0.1, 0.15) is 36.8 Å². The van der Waals surface area contributed by atoms with E-state index in [4.69, 9.17) is 0 Å². The molecule has 2 aromatic carbocycles. The predicted molar refractivity (Wildman–Crippen MR) is 101 cm³/mol. The molecule has 1 saturated carbocycles. The van der Waals surface area contributed by atoms with E-state index in [2.05, 4.69) is 5.32 Å². The second-order valence-electron chi connectivity index (χ2n) is 7.47. The number of halogens is 1. The van der Waals surface area contributed by atoms with Crippen LogP contribution >= 0.6 is 0 Å². The molecule has 0 spiro atoms. The lowest BCUT2D eigenvalue weighted by Gasteiger charge is -2.26. The van der Waals surface area contributed by atoms with Gasteiger partial charge in [0, 0.05) is 30.6 Å². The minimum Gasteiger partial charge on any atom is -0.335 e. The van der Waals surface area contributed by atoms with Crippen LogP contribution in [0.3, 0.4) is 0 Å². The van der Waals surface area contributed by atoms with Crippen LogP contribution in [0.2, 0.25) is 0 Å². The van der Waals surface area contributed by atoms with E-state index in [0.29, 0.717) is 25.8 Å². The fraction of sp³-hybridized carbons (Fsp3) is 0.364. The summed E-state index contributed by atoms with van der Waals surface area (Å²) in [6.45, 7) is 0.432. The molecule has 2 aromatic rings. The van der Waals surface area contributed by atoms with Gasteiger partial charge in [0.1, 0.15) is 5.82 Å². The van der Waals surface area contributed by atoms with Crippen LogP contribution in [0.4, 0.5) is 10.1 Å². The van der Waals surface area contributed by atoms with E-state index in [1.165, 1.54) is 12.1 Å². The Hall–Kier alpha value is -2.69. The maximum Gasteiger partial charge on any atom is 0.227 e. The zero-order valence-electron chi connectivity index (χ0n) is 15.2. The molecule has 2 aliphatic rings. The Labute approximate surface area is 158 Å². The van der Waals surface area contributed by atoms with Crippen LogP contribution in [0.15, 0.2) is 48.5 Å². The van der Waals surface area contributed by atoms with E-state index < -0.39 is 0 Å². The highest BCUT2D eigenvalue weighted by atomic mass is 19.1. The summed E-state index contributed by atoms with van der Waals surface area (Å²) in [6, 6.07) is 14.4. The molecule has 1 N–H and O–H groups in total. The highest BCUT2D eigenvalue weighted by Crippen LogP contribution is 2.31. The molecule has 0 aromatic heterocycles. The van der Waals surface area contributed by atoms with Gasteiger partial charge in [0.25, 0.3) is 0 Å². The molecule has 1 atom stereocenters. The van der Waals surface area contributed by atoms with E-state index in [1.807, 2.05) is 35.2 Å². The first-order valence-corrected chi connectivity index (χ1v) is 9.53. The van der Waals surface area contributed by atoms with Gasteiger partial charge in [-0.2, -0.15) is 0 Å². The highest BCUT2D eigenvalue weighted by molar-refractivity contribution is 5.96.